The quantitative estimate of drug-likeness (QED) is 0.840. The van der Waals surface area contributed by atoms with E-state index in [2.05, 4.69) is 13.8 Å². The molecule has 0 bridgehead atoms. The molecule has 0 spiro atoms. The summed E-state index contributed by atoms with van der Waals surface area (Å²) in [5.74, 6) is 0.118. The Kier molecular flexibility index (Phi) is 5.57. The van der Waals surface area contributed by atoms with Crippen LogP contribution in [0.4, 0.5) is 0 Å². The van der Waals surface area contributed by atoms with Crippen molar-refractivity contribution in [2.45, 2.75) is 34.1 Å². The molecule has 0 saturated heterocycles. The lowest BCUT2D eigenvalue weighted by Crippen LogP contribution is -2.42. The molecule has 0 aromatic heterocycles. The summed E-state index contributed by atoms with van der Waals surface area (Å²) in [6, 6.07) is 5.06. The van der Waals surface area contributed by atoms with Crippen LogP contribution in [-0.2, 0) is 0 Å². The predicted molar refractivity (Wildman–Crippen MR) is 81.9 cm³/mol. The first kappa shape index (κ1) is 16.5. The molecule has 1 aromatic carbocycles. The van der Waals surface area contributed by atoms with Gasteiger partial charge in [0, 0.05) is 24.2 Å². The fourth-order valence-corrected chi connectivity index (χ4v) is 2.13. The molecule has 0 atom stereocenters. The zero-order valence-electron chi connectivity index (χ0n) is 12.9. The normalized spacial score (nSPS) is 11.4. The Hall–Kier alpha value is -1.55. The fourth-order valence-electron chi connectivity index (χ4n) is 2.13. The van der Waals surface area contributed by atoms with Crippen LogP contribution in [0.2, 0.25) is 0 Å². The van der Waals surface area contributed by atoms with E-state index in [-0.39, 0.29) is 17.1 Å². The summed E-state index contributed by atoms with van der Waals surface area (Å²) in [6.07, 6.45) is 0.893. The number of rotatable bonds is 6. The lowest BCUT2D eigenvalue weighted by molar-refractivity contribution is 0.0688. The van der Waals surface area contributed by atoms with E-state index in [9.17, 15) is 9.90 Å². The van der Waals surface area contributed by atoms with E-state index in [1.54, 1.807) is 25.1 Å². The lowest BCUT2D eigenvalue weighted by atomic mass is 9.92. The van der Waals surface area contributed by atoms with Gasteiger partial charge in [-0.15, -0.1) is 0 Å². The maximum absolute atomic E-state index is 12.7. The first-order valence-electron chi connectivity index (χ1n) is 7.10. The van der Waals surface area contributed by atoms with E-state index in [4.69, 9.17) is 5.73 Å². The van der Waals surface area contributed by atoms with Crippen LogP contribution < -0.4 is 5.73 Å². The van der Waals surface area contributed by atoms with E-state index in [0.717, 1.165) is 6.42 Å². The second kappa shape index (κ2) is 6.75. The van der Waals surface area contributed by atoms with Crippen molar-refractivity contribution in [2.75, 3.05) is 19.6 Å². The highest BCUT2D eigenvalue weighted by Gasteiger charge is 2.25. The minimum Gasteiger partial charge on any atom is -0.508 e. The van der Waals surface area contributed by atoms with E-state index >= 15 is 0 Å². The van der Waals surface area contributed by atoms with Crippen LogP contribution in [0.25, 0.3) is 0 Å². The minimum absolute atomic E-state index is 0.0400. The van der Waals surface area contributed by atoms with E-state index < -0.39 is 0 Å². The average Bonchev–Trinajstić information content (AvgIpc) is 2.40. The molecule has 1 aromatic rings. The van der Waals surface area contributed by atoms with Crippen LogP contribution in [0.1, 0.15) is 43.1 Å². The number of hydrogen-bond acceptors (Lipinski definition) is 3. The number of benzene rings is 1. The number of aromatic hydroxyl groups is 1. The molecular weight excluding hydrogens is 252 g/mol. The lowest BCUT2D eigenvalue weighted by Gasteiger charge is -2.32. The van der Waals surface area contributed by atoms with E-state index in [1.807, 2.05) is 11.8 Å². The Balaban J connectivity index is 3.02. The number of hydrogen-bond donors (Lipinski definition) is 2. The van der Waals surface area contributed by atoms with Crippen molar-refractivity contribution in [1.82, 2.24) is 4.90 Å². The summed E-state index contributed by atoms with van der Waals surface area (Å²) in [5.41, 5.74) is 6.84. The average molecular weight is 278 g/mol. The second-order valence-electron chi connectivity index (χ2n) is 6.04. The van der Waals surface area contributed by atoms with Crippen molar-refractivity contribution >= 4 is 5.91 Å². The third-order valence-corrected chi connectivity index (χ3v) is 3.49. The number of carbonyl (C=O) groups excluding carboxylic acids is 1. The molecular formula is C16H26N2O2. The highest BCUT2D eigenvalue weighted by atomic mass is 16.3. The van der Waals surface area contributed by atoms with Crippen LogP contribution in [0, 0.1) is 12.3 Å². The molecule has 0 fully saturated rings. The zero-order chi connectivity index (χ0) is 15.3. The van der Waals surface area contributed by atoms with Crippen LogP contribution >= 0.6 is 0 Å². The topological polar surface area (TPSA) is 66.6 Å². The molecule has 0 saturated carbocycles. The van der Waals surface area contributed by atoms with Gasteiger partial charge in [0.2, 0.25) is 0 Å². The molecule has 112 valence electrons. The van der Waals surface area contributed by atoms with Gasteiger partial charge in [0.15, 0.2) is 0 Å². The molecule has 20 heavy (non-hydrogen) atoms. The van der Waals surface area contributed by atoms with Crippen LogP contribution in [-0.4, -0.2) is 35.5 Å². The number of amides is 1. The van der Waals surface area contributed by atoms with Gasteiger partial charge in [0.25, 0.3) is 5.91 Å². The van der Waals surface area contributed by atoms with Crippen LogP contribution in [0.5, 0.6) is 5.75 Å². The fraction of sp³-hybridized carbons (Fsp3) is 0.562. The van der Waals surface area contributed by atoms with Gasteiger partial charge in [-0.1, -0.05) is 26.8 Å². The van der Waals surface area contributed by atoms with E-state index in [1.165, 1.54) is 0 Å². The van der Waals surface area contributed by atoms with Gasteiger partial charge in [-0.25, -0.2) is 0 Å². The molecule has 0 unspecified atom stereocenters. The highest BCUT2D eigenvalue weighted by molar-refractivity contribution is 5.96. The van der Waals surface area contributed by atoms with Gasteiger partial charge < -0.3 is 15.7 Å². The largest absolute Gasteiger partial charge is 0.508 e. The number of nitrogens with zero attached hydrogens (tertiary/aromatic N) is 1. The molecule has 0 aliphatic carbocycles. The zero-order valence-corrected chi connectivity index (χ0v) is 12.9. The Morgan fingerprint density at radius 3 is 2.60 bits per heavy atom. The SMILES string of the molecule is CCCN(CC(C)(C)CN)C(=O)c1cccc(O)c1C. The molecule has 0 heterocycles. The highest BCUT2D eigenvalue weighted by Crippen LogP contribution is 2.23. The summed E-state index contributed by atoms with van der Waals surface area (Å²) < 4.78 is 0. The van der Waals surface area contributed by atoms with Gasteiger partial charge in [-0.3, -0.25) is 4.79 Å². The Morgan fingerprint density at radius 1 is 1.40 bits per heavy atom. The first-order valence-corrected chi connectivity index (χ1v) is 7.10. The molecule has 0 radical (unpaired) electrons. The molecule has 0 aliphatic rings. The van der Waals surface area contributed by atoms with Gasteiger partial charge in [-0.05, 0) is 37.4 Å². The summed E-state index contributed by atoms with van der Waals surface area (Å²) in [5, 5.41) is 9.75. The predicted octanol–water partition coefficient (Wildman–Crippen LogP) is 2.54. The molecule has 4 nitrogen and oxygen atoms in total. The summed E-state index contributed by atoms with van der Waals surface area (Å²) in [4.78, 5) is 14.5. The third-order valence-electron chi connectivity index (χ3n) is 3.49. The molecule has 4 heteroatoms. The number of nitrogens with two attached hydrogens (primary N) is 1. The van der Waals surface area contributed by atoms with Crippen molar-refractivity contribution in [3.8, 4) is 5.75 Å². The van der Waals surface area contributed by atoms with Crippen molar-refractivity contribution in [1.29, 1.82) is 0 Å². The maximum Gasteiger partial charge on any atom is 0.254 e. The van der Waals surface area contributed by atoms with Crippen LogP contribution in [0.3, 0.4) is 0 Å². The molecule has 3 N–H and O–H groups in total. The number of phenols is 1. The Labute approximate surface area is 121 Å². The monoisotopic (exact) mass is 278 g/mol. The number of phenolic OH excluding ortho intramolecular Hbond substituents is 1. The summed E-state index contributed by atoms with van der Waals surface area (Å²) >= 11 is 0. The van der Waals surface area contributed by atoms with Crippen molar-refractivity contribution in [3.05, 3.63) is 29.3 Å². The first-order chi connectivity index (χ1) is 9.32. The second-order valence-corrected chi connectivity index (χ2v) is 6.04. The van der Waals surface area contributed by atoms with Crippen molar-refractivity contribution in [2.24, 2.45) is 11.1 Å². The number of carbonyl (C=O) groups is 1. The van der Waals surface area contributed by atoms with E-state index in [0.29, 0.717) is 30.8 Å². The van der Waals surface area contributed by atoms with Crippen LogP contribution in [0.15, 0.2) is 18.2 Å². The van der Waals surface area contributed by atoms with Gasteiger partial charge in [0.05, 0.1) is 0 Å². The van der Waals surface area contributed by atoms with Gasteiger partial charge in [-0.2, -0.15) is 0 Å². The molecule has 0 aliphatic heterocycles. The standard InChI is InChI=1S/C16H26N2O2/c1-5-9-18(11-16(3,4)10-17)15(20)13-7-6-8-14(19)12(13)2/h6-8,19H,5,9-11,17H2,1-4H3. The maximum atomic E-state index is 12.7. The summed E-state index contributed by atoms with van der Waals surface area (Å²) in [6.45, 7) is 9.75. The summed E-state index contributed by atoms with van der Waals surface area (Å²) in [7, 11) is 0. The molecule has 1 amide bonds. The van der Waals surface area contributed by atoms with Crippen molar-refractivity contribution < 1.29 is 9.90 Å². The third kappa shape index (κ3) is 3.97. The smallest absolute Gasteiger partial charge is 0.254 e. The Bertz CT molecular complexity index is 470. The minimum atomic E-state index is -0.116. The van der Waals surface area contributed by atoms with Crippen molar-refractivity contribution in [3.63, 3.8) is 0 Å². The van der Waals surface area contributed by atoms with Gasteiger partial charge >= 0.3 is 0 Å². The van der Waals surface area contributed by atoms with Gasteiger partial charge in [0.1, 0.15) is 5.75 Å². The molecule has 1 rings (SSSR count). The Morgan fingerprint density at radius 2 is 2.05 bits per heavy atom.